The van der Waals surface area contributed by atoms with E-state index in [9.17, 15) is 4.79 Å². The average Bonchev–Trinajstić information content (AvgIpc) is 2.57. The van der Waals surface area contributed by atoms with Gasteiger partial charge >= 0.3 is 5.97 Å². The van der Waals surface area contributed by atoms with E-state index in [1.54, 1.807) is 0 Å². The Morgan fingerprint density at radius 3 is 2.25 bits per heavy atom. The van der Waals surface area contributed by atoms with E-state index in [0.29, 0.717) is 0 Å². The molecule has 134 valence electrons. The van der Waals surface area contributed by atoms with Crippen LogP contribution in [0.2, 0.25) is 0 Å². The molecule has 8 bridgehead atoms. The topological polar surface area (TPSA) is 35.5 Å². The zero-order valence-corrected chi connectivity index (χ0v) is 15.4. The van der Waals surface area contributed by atoms with Crippen molar-refractivity contribution in [3.8, 4) is 0 Å². The van der Waals surface area contributed by atoms with Crippen LogP contribution in [-0.4, -0.2) is 17.9 Å². The van der Waals surface area contributed by atoms with Crippen LogP contribution in [0.3, 0.4) is 0 Å². The second kappa shape index (κ2) is 5.22. The van der Waals surface area contributed by atoms with E-state index in [0.717, 1.165) is 47.8 Å². The Labute approximate surface area is 145 Å². The molecule has 0 heterocycles. The number of esters is 1. The van der Waals surface area contributed by atoms with E-state index < -0.39 is 0 Å². The Bertz CT molecular complexity index is 519. The molecule has 0 aromatic carbocycles. The molecule has 7 saturated carbocycles. The second-order valence-corrected chi connectivity index (χ2v) is 9.71. The van der Waals surface area contributed by atoms with Crippen molar-refractivity contribution in [1.29, 1.82) is 0 Å². The predicted molar refractivity (Wildman–Crippen MR) is 91.0 cm³/mol. The summed E-state index contributed by atoms with van der Waals surface area (Å²) in [5, 5.41) is 0. The van der Waals surface area contributed by atoms with E-state index >= 15 is 0 Å². The standard InChI is InChI=1S/C21H32O3/c1-4-11(2)20(22)23-12(3)24-21-10-14-6-16-15-5-13(8-18(16)21)9-19(21)17(15)7-14/h11-19H,4-10H2,1-3H3. The minimum Gasteiger partial charge on any atom is -0.436 e. The highest BCUT2D eigenvalue weighted by Crippen LogP contribution is 2.73. The molecule has 6 atom stereocenters. The van der Waals surface area contributed by atoms with Crippen LogP contribution in [-0.2, 0) is 14.3 Å². The van der Waals surface area contributed by atoms with Gasteiger partial charge in [-0.05, 0) is 93.3 Å². The van der Waals surface area contributed by atoms with Gasteiger partial charge in [0, 0.05) is 0 Å². The molecule has 0 N–H and O–H groups in total. The summed E-state index contributed by atoms with van der Waals surface area (Å²) in [6.07, 6.45) is 8.85. The summed E-state index contributed by atoms with van der Waals surface area (Å²) in [6.45, 7) is 5.94. The van der Waals surface area contributed by atoms with Gasteiger partial charge in [0.25, 0.3) is 0 Å². The molecule has 3 nitrogen and oxygen atoms in total. The van der Waals surface area contributed by atoms with Crippen LogP contribution < -0.4 is 0 Å². The Balaban J connectivity index is 1.38. The van der Waals surface area contributed by atoms with Gasteiger partial charge in [-0.1, -0.05) is 13.8 Å². The van der Waals surface area contributed by atoms with Crippen LogP contribution in [0.4, 0.5) is 0 Å². The number of hydrogen-bond acceptors (Lipinski definition) is 3. The highest BCUT2D eigenvalue weighted by atomic mass is 16.7. The lowest BCUT2D eigenvalue weighted by atomic mass is 9.34. The molecule has 0 aliphatic heterocycles. The van der Waals surface area contributed by atoms with Crippen molar-refractivity contribution >= 4 is 5.97 Å². The zero-order valence-electron chi connectivity index (χ0n) is 15.4. The van der Waals surface area contributed by atoms with Gasteiger partial charge < -0.3 is 9.47 Å². The van der Waals surface area contributed by atoms with Crippen LogP contribution >= 0.6 is 0 Å². The van der Waals surface area contributed by atoms with Crippen LogP contribution in [0.5, 0.6) is 0 Å². The summed E-state index contributed by atoms with van der Waals surface area (Å²) in [4.78, 5) is 12.2. The van der Waals surface area contributed by atoms with Crippen molar-refractivity contribution in [1.82, 2.24) is 0 Å². The highest BCUT2D eigenvalue weighted by molar-refractivity contribution is 5.71. The first-order valence-corrected chi connectivity index (χ1v) is 10.4. The summed E-state index contributed by atoms with van der Waals surface area (Å²) in [5.74, 6) is 6.02. The number of rotatable bonds is 5. The molecule has 0 saturated heterocycles. The number of carbonyl (C=O) groups excluding carboxylic acids is 1. The summed E-state index contributed by atoms with van der Waals surface area (Å²) in [5.41, 5.74) is 0.0407. The number of carbonyl (C=O) groups is 1. The molecule has 7 aliphatic carbocycles. The van der Waals surface area contributed by atoms with Crippen molar-refractivity contribution in [3.05, 3.63) is 0 Å². The Kier molecular flexibility index (Phi) is 3.41. The lowest BCUT2D eigenvalue weighted by molar-refractivity contribution is -0.337. The molecule has 0 amide bonds. The fourth-order valence-corrected chi connectivity index (χ4v) is 7.87. The third-order valence-electron chi connectivity index (χ3n) is 8.67. The summed E-state index contributed by atoms with van der Waals surface area (Å²) >= 11 is 0. The monoisotopic (exact) mass is 332 g/mol. The molecule has 0 spiro atoms. The van der Waals surface area contributed by atoms with Crippen molar-refractivity contribution in [2.45, 2.75) is 77.6 Å². The Hall–Kier alpha value is -0.570. The van der Waals surface area contributed by atoms with Crippen molar-refractivity contribution in [2.24, 2.45) is 47.3 Å². The van der Waals surface area contributed by atoms with E-state index in [1.807, 2.05) is 20.8 Å². The van der Waals surface area contributed by atoms with Gasteiger partial charge in [0.2, 0.25) is 6.29 Å². The van der Waals surface area contributed by atoms with Gasteiger partial charge in [-0.15, -0.1) is 0 Å². The van der Waals surface area contributed by atoms with Gasteiger partial charge in [0.15, 0.2) is 0 Å². The molecular weight excluding hydrogens is 300 g/mol. The lowest BCUT2D eigenvalue weighted by Gasteiger charge is -2.74. The fourth-order valence-electron chi connectivity index (χ4n) is 7.87. The summed E-state index contributed by atoms with van der Waals surface area (Å²) in [6, 6.07) is 0. The van der Waals surface area contributed by atoms with E-state index in [1.165, 1.54) is 38.5 Å². The first-order chi connectivity index (χ1) is 11.5. The van der Waals surface area contributed by atoms with E-state index in [4.69, 9.17) is 9.47 Å². The Morgan fingerprint density at radius 1 is 1.00 bits per heavy atom. The maximum Gasteiger partial charge on any atom is 0.310 e. The van der Waals surface area contributed by atoms with E-state index in [-0.39, 0.29) is 23.8 Å². The predicted octanol–water partition coefficient (Wildman–Crippen LogP) is 4.40. The van der Waals surface area contributed by atoms with Crippen molar-refractivity contribution in [3.63, 3.8) is 0 Å². The maximum atomic E-state index is 12.2. The third-order valence-corrected chi connectivity index (χ3v) is 8.67. The van der Waals surface area contributed by atoms with Crippen molar-refractivity contribution < 1.29 is 14.3 Å². The molecule has 3 heteroatoms. The third kappa shape index (κ3) is 1.97. The highest BCUT2D eigenvalue weighted by Gasteiger charge is 2.71. The fraction of sp³-hybridized carbons (Fsp3) is 0.952. The molecule has 24 heavy (non-hydrogen) atoms. The Morgan fingerprint density at radius 2 is 1.62 bits per heavy atom. The first kappa shape index (κ1) is 15.7. The number of hydrogen-bond donors (Lipinski definition) is 0. The molecule has 7 aliphatic rings. The average molecular weight is 332 g/mol. The smallest absolute Gasteiger partial charge is 0.310 e. The molecule has 0 aromatic heterocycles. The molecule has 0 aromatic rings. The van der Waals surface area contributed by atoms with Gasteiger partial charge in [-0.3, -0.25) is 4.79 Å². The van der Waals surface area contributed by atoms with Crippen LogP contribution in [0.1, 0.15) is 65.7 Å². The van der Waals surface area contributed by atoms with E-state index in [2.05, 4.69) is 0 Å². The normalized spacial score (nSPS) is 52.5. The molecular formula is C21H32O3. The largest absolute Gasteiger partial charge is 0.436 e. The van der Waals surface area contributed by atoms with Gasteiger partial charge in [-0.25, -0.2) is 0 Å². The van der Waals surface area contributed by atoms with Crippen LogP contribution in [0, 0.1) is 47.3 Å². The van der Waals surface area contributed by atoms with Gasteiger partial charge in [0.05, 0.1) is 11.5 Å². The maximum absolute atomic E-state index is 12.2. The lowest BCUT2D eigenvalue weighted by Crippen LogP contribution is -2.72. The molecule has 7 rings (SSSR count). The quantitative estimate of drug-likeness (QED) is 0.553. The number of ether oxygens (including phenoxy) is 2. The van der Waals surface area contributed by atoms with Gasteiger partial charge in [0.1, 0.15) is 0 Å². The second-order valence-electron chi connectivity index (χ2n) is 9.71. The summed E-state index contributed by atoms with van der Waals surface area (Å²) < 4.78 is 12.4. The summed E-state index contributed by atoms with van der Waals surface area (Å²) in [7, 11) is 0. The first-order valence-electron chi connectivity index (χ1n) is 10.4. The molecule has 0 radical (unpaired) electrons. The van der Waals surface area contributed by atoms with Crippen molar-refractivity contribution in [2.75, 3.05) is 0 Å². The molecule has 7 fully saturated rings. The SMILES string of the molecule is CCC(C)C(=O)OC(C)OC12CC3CC4C5CC(CC41)CC2C5C3. The van der Waals surface area contributed by atoms with Gasteiger partial charge in [-0.2, -0.15) is 0 Å². The van der Waals surface area contributed by atoms with Crippen LogP contribution in [0.15, 0.2) is 0 Å². The zero-order chi connectivity index (χ0) is 16.6. The minimum atomic E-state index is -0.387. The minimum absolute atomic E-state index is 0.0282. The van der Waals surface area contributed by atoms with Crippen LogP contribution in [0.25, 0.3) is 0 Å². The molecule has 6 unspecified atom stereocenters.